The predicted molar refractivity (Wildman–Crippen MR) is 103 cm³/mol. The quantitative estimate of drug-likeness (QED) is 0.769. The zero-order valence-corrected chi connectivity index (χ0v) is 16.4. The van der Waals surface area contributed by atoms with Crippen LogP contribution in [0.15, 0.2) is 24.3 Å². The maximum absolute atomic E-state index is 13.4. The summed E-state index contributed by atoms with van der Waals surface area (Å²) in [5.41, 5.74) is 2.27. The fraction of sp³-hybridized carbons (Fsp3) is 0.500. The van der Waals surface area contributed by atoms with Crippen LogP contribution >= 0.6 is 12.4 Å². The lowest BCUT2D eigenvalue weighted by Gasteiger charge is -2.21. The van der Waals surface area contributed by atoms with Gasteiger partial charge in [-0.15, -0.1) is 12.4 Å². The molecule has 1 amide bonds. The van der Waals surface area contributed by atoms with Crippen molar-refractivity contribution < 1.29 is 18.0 Å². The number of halogens is 4. The molecule has 2 aliphatic heterocycles. The highest BCUT2D eigenvalue weighted by Crippen LogP contribution is 2.49. The SMILES string of the molecule is Cl.O=C(c1n[nH]c2c1CNC2)N1C[C@H]2CC(c3ccccc3C(F)(F)F)C[C@H]2C1. The molecule has 1 aromatic carbocycles. The van der Waals surface area contributed by atoms with E-state index in [9.17, 15) is 18.0 Å². The summed E-state index contributed by atoms with van der Waals surface area (Å²) in [7, 11) is 0. The fourth-order valence-corrected chi connectivity index (χ4v) is 5.21. The number of amides is 1. The molecule has 5 nitrogen and oxygen atoms in total. The van der Waals surface area contributed by atoms with Crippen LogP contribution in [0.25, 0.3) is 0 Å². The van der Waals surface area contributed by atoms with Crippen LogP contribution in [0.1, 0.15) is 51.6 Å². The third-order valence-corrected chi connectivity index (χ3v) is 6.50. The number of H-pyrrole nitrogens is 1. The number of nitrogens with one attached hydrogen (secondary N) is 2. The second-order valence-electron chi connectivity index (χ2n) is 8.12. The number of hydrogen-bond acceptors (Lipinski definition) is 3. The largest absolute Gasteiger partial charge is 0.416 e. The van der Waals surface area contributed by atoms with Gasteiger partial charge in [-0.05, 0) is 42.2 Å². The van der Waals surface area contributed by atoms with E-state index in [0.29, 0.717) is 50.3 Å². The molecule has 3 heterocycles. The van der Waals surface area contributed by atoms with Crippen molar-refractivity contribution in [2.24, 2.45) is 11.8 Å². The normalized spacial score (nSPS) is 25.6. The molecule has 1 unspecified atom stereocenters. The third kappa shape index (κ3) is 3.42. The Morgan fingerprint density at radius 3 is 2.48 bits per heavy atom. The van der Waals surface area contributed by atoms with Crippen LogP contribution in [-0.2, 0) is 19.3 Å². The van der Waals surface area contributed by atoms with Crippen molar-refractivity contribution in [2.45, 2.75) is 38.0 Å². The molecule has 29 heavy (non-hydrogen) atoms. The van der Waals surface area contributed by atoms with Crippen LogP contribution in [0.3, 0.4) is 0 Å². The Bertz CT molecular complexity index is 915. The maximum Gasteiger partial charge on any atom is 0.416 e. The highest BCUT2D eigenvalue weighted by molar-refractivity contribution is 5.94. The summed E-state index contributed by atoms with van der Waals surface area (Å²) in [5, 5.41) is 10.3. The van der Waals surface area contributed by atoms with Crippen LogP contribution in [-0.4, -0.2) is 34.1 Å². The van der Waals surface area contributed by atoms with Crippen molar-refractivity contribution in [3.63, 3.8) is 0 Å². The van der Waals surface area contributed by atoms with Crippen LogP contribution in [0, 0.1) is 11.8 Å². The van der Waals surface area contributed by atoms with E-state index in [-0.39, 0.29) is 36.1 Å². The van der Waals surface area contributed by atoms with Gasteiger partial charge in [0.1, 0.15) is 0 Å². The molecule has 1 aromatic heterocycles. The molecule has 0 bridgehead atoms. The summed E-state index contributed by atoms with van der Waals surface area (Å²) in [6.45, 7) is 2.54. The van der Waals surface area contributed by atoms with Crippen molar-refractivity contribution in [3.8, 4) is 0 Å². The van der Waals surface area contributed by atoms with Crippen LogP contribution in [0.4, 0.5) is 13.2 Å². The van der Waals surface area contributed by atoms with E-state index in [1.54, 1.807) is 12.1 Å². The standard InChI is InChI=1S/C20H21F3N4O.ClH/c21-20(22,23)16-4-2-1-3-14(16)11-5-12-9-27(10-13(12)6-11)19(28)18-15-7-24-8-17(15)25-26-18;/h1-4,11-13,24H,5-10H2,(H,25,26);1H/t11?,12-,13+;. The van der Waals surface area contributed by atoms with E-state index in [1.807, 2.05) is 4.90 Å². The summed E-state index contributed by atoms with van der Waals surface area (Å²) in [5.74, 6) is 0.340. The lowest BCUT2D eigenvalue weighted by atomic mass is 9.91. The van der Waals surface area contributed by atoms with Gasteiger partial charge in [-0.1, -0.05) is 18.2 Å². The van der Waals surface area contributed by atoms with Gasteiger partial charge >= 0.3 is 6.18 Å². The minimum Gasteiger partial charge on any atom is -0.337 e. The van der Waals surface area contributed by atoms with Gasteiger partial charge in [-0.3, -0.25) is 9.89 Å². The highest BCUT2D eigenvalue weighted by atomic mass is 35.5. The van der Waals surface area contributed by atoms with Crippen LogP contribution in [0.5, 0.6) is 0 Å². The summed E-state index contributed by atoms with van der Waals surface area (Å²) in [6, 6.07) is 5.91. The molecule has 2 N–H and O–H groups in total. The Labute approximate surface area is 172 Å². The molecule has 1 saturated heterocycles. The van der Waals surface area contributed by atoms with Gasteiger partial charge in [0.05, 0.1) is 11.3 Å². The summed E-state index contributed by atoms with van der Waals surface area (Å²) in [6.07, 6.45) is -2.94. The topological polar surface area (TPSA) is 61.0 Å². The van der Waals surface area contributed by atoms with E-state index in [4.69, 9.17) is 0 Å². The first-order valence-corrected chi connectivity index (χ1v) is 9.64. The molecule has 2 aromatic rings. The zero-order valence-electron chi connectivity index (χ0n) is 15.6. The Balaban J connectivity index is 0.00000205. The lowest BCUT2D eigenvalue weighted by Crippen LogP contribution is -2.31. The van der Waals surface area contributed by atoms with E-state index in [0.717, 1.165) is 11.3 Å². The molecule has 9 heteroatoms. The van der Waals surface area contributed by atoms with Crippen molar-refractivity contribution in [3.05, 3.63) is 52.3 Å². The van der Waals surface area contributed by atoms with Gasteiger partial charge in [-0.25, -0.2) is 0 Å². The molecule has 0 radical (unpaired) electrons. The highest BCUT2D eigenvalue weighted by Gasteiger charge is 2.45. The van der Waals surface area contributed by atoms with E-state index in [2.05, 4.69) is 15.5 Å². The van der Waals surface area contributed by atoms with Crippen molar-refractivity contribution in [2.75, 3.05) is 13.1 Å². The second-order valence-corrected chi connectivity index (χ2v) is 8.12. The number of benzene rings is 1. The Morgan fingerprint density at radius 2 is 1.79 bits per heavy atom. The number of aromatic nitrogens is 2. The number of likely N-dealkylation sites (tertiary alicyclic amines) is 1. The number of carbonyl (C=O) groups excluding carboxylic acids is 1. The van der Waals surface area contributed by atoms with Gasteiger partial charge < -0.3 is 10.2 Å². The minimum absolute atomic E-state index is 0. The van der Waals surface area contributed by atoms with Crippen molar-refractivity contribution >= 4 is 18.3 Å². The number of alkyl halides is 3. The minimum atomic E-state index is -4.33. The third-order valence-electron chi connectivity index (χ3n) is 6.50. The van der Waals surface area contributed by atoms with Crippen LogP contribution in [0.2, 0.25) is 0 Å². The number of hydrogen-bond donors (Lipinski definition) is 2. The molecule has 1 aliphatic carbocycles. The predicted octanol–water partition coefficient (Wildman–Crippen LogP) is 3.72. The number of rotatable bonds is 2. The zero-order chi connectivity index (χ0) is 19.5. The molecular formula is C20H22ClF3N4O. The smallest absolute Gasteiger partial charge is 0.337 e. The fourth-order valence-electron chi connectivity index (χ4n) is 5.21. The first kappa shape index (κ1) is 20.2. The molecule has 156 valence electrons. The summed E-state index contributed by atoms with van der Waals surface area (Å²) < 4.78 is 40.1. The Kier molecular flexibility index (Phi) is 5.11. The molecule has 2 fully saturated rings. The maximum atomic E-state index is 13.4. The van der Waals surface area contributed by atoms with Gasteiger partial charge in [0.2, 0.25) is 0 Å². The van der Waals surface area contributed by atoms with E-state index >= 15 is 0 Å². The summed E-state index contributed by atoms with van der Waals surface area (Å²) in [4.78, 5) is 14.7. The molecule has 3 aliphatic rings. The number of fused-ring (bicyclic) bond motifs is 2. The number of aromatic amines is 1. The van der Waals surface area contributed by atoms with Gasteiger partial charge in [-0.2, -0.15) is 18.3 Å². The van der Waals surface area contributed by atoms with Gasteiger partial charge in [0.15, 0.2) is 5.69 Å². The Morgan fingerprint density at radius 1 is 1.10 bits per heavy atom. The van der Waals surface area contributed by atoms with Gasteiger partial charge in [0, 0.05) is 31.7 Å². The molecular weight excluding hydrogens is 405 g/mol. The number of nitrogens with zero attached hydrogens (tertiary/aromatic N) is 2. The summed E-state index contributed by atoms with van der Waals surface area (Å²) >= 11 is 0. The number of carbonyl (C=O) groups is 1. The lowest BCUT2D eigenvalue weighted by molar-refractivity contribution is -0.138. The Hall–Kier alpha value is -2.06. The molecule has 3 atom stereocenters. The second kappa shape index (κ2) is 7.32. The molecule has 0 spiro atoms. The first-order chi connectivity index (χ1) is 13.4. The molecule has 5 rings (SSSR count). The van der Waals surface area contributed by atoms with Crippen molar-refractivity contribution in [1.29, 1.82) is 0 Å². The molecule has 1 saturated carbocycles. The van der Waals surface area contributed by atoms with E-state index < -0.39 is 11.7 Å². The monoisotopic (exact) mass is 426 g/mol. The average molecular weight is 427 g/mol. The first-order valence-electron chi connectivity index (χ1n) is 9.64. The van der Waals surface area contributed by atoms with E-state index in [1.165, 1.54) is 12.1 Å². The average Bonchev–Trinajstić information content (AvgIpc) is 3.39. The van der Waals surface area contributed by atoms with Crippen molar-refractivity contribution in [1.82, 2.24) is 20.4 Å². The van der Waals surface area contributed by atoms with Gasteiger partial charge in [0.25, 0.3) is 5.91 Å². The van der Waals surface area contributed by atoms with Crippen LogP contribution < -0.4 is 5.32 Å².